The Hall–Kier alpha value is -0.970. The number of nitrogens with zero attached hydrogens (tertiary/aromatic N) is 1. The van der Waals surface area contributed by atoms with Gasteiger partial charge in [-0.25, -0.2) is 4.79 Å². The molecule has 0 bridgehead atoms. The molecule has 1 unspecified atom stereocenters. The number of hydrogen-bond donors (Lipinski definition) is 2. The van der Waals surface area contributed by atoms with Gasteiger partial charge in [0.25, 0.3) is 0 Å². The van der Waals surface area contributed by atoms with Crippen LogP contribution in [0.3, 0.4) is 0 Å². The van der Waals surface area contributed by atoms with Crippen molar-refractivity contribution >= 4 is 17.7 Å². The van der Waals surface area contributed by atoms with E-state index in [2.05, 4.69) is 10.2 Å². The number of thioether (sulfide) groups is 1. The highest BCUT2D eigenvalue weighted by Gasteiger charge is 2.24. The van der Waals surface area contributed by atoms with Crippen molar-refractivity contribution in [3.63, 3.8) is 0 Å². The molecule has 0 amide bonds. The molecule has 13 heavy (non-hydrogen) atoms. The van der Waals surface area contributed by atoms with Gasteiger partial charge in [0.15, 0.2) is 0 Å². The molecule has 2 heterocycles. The second kappa shape index (κ2) is 3.41. The van der Waals surface area contributed by atoms with E-state index >= 15 is 0 Å². The molecule has 1 saturated heterocycles. The molecule has 1 aliphatic heterocycles. The predicted octanol–water partition coefficient (Wildman–Crippen LogP) is 1.68. The Kier molecular flexibility index (Phi) is 2.26. The number of carbonyl (C=O) groups is 1. The van der Waals surface area contributed by atoms with Crippen LogP contribution in [0, 0.1) is 0 Å². The molecule has 0 spiro atoms. The molecule has 0 aromatic carbocycles. The summed E-state index contributed by atoms with van der Waals surface area (Å²) >= 11 is 1.80. The third-order valence-electron chi connectivity index (χ3n) is 2.15. The van der Waals surface area contributed by atoms with Crippen molar-refractivity contribution in [1.29, 1.82) is 0 Å². The van der Waals surface area contributed by atoms with Crippen molar-refractivity contribution in [2.75, 3.05) is 5.75 Å². The van der Waals surface area contributed by atoms with E-state index in [1.807, 2.05) is 0 Å². The summed E-state index contributed by atoms with van der Waals surface area (Å²) in [4.78, 5) is 10.8. The van der Waals surface area contributed by atoms with Crippen molar-refractivity contribution in [3.05, 3.63) is 17.5 Å². The number of rotatable bonds is 2. The fourth-order valence-corrected chi connectivity index (χ4v) is 2.81. The molecule has 1 atom stereocenters. The summed E-state index contributed by atoms with van der Waals surface area (Å²) in [6.45, 7) is 0. The van der Waals surface area contributed by atoms with Crippen molar-refractivity contribution in [3.8, 4) is 0 Å². The molecule has 0 radical (unpaired) electrons. The van der Waals surface area contributed by atoms with Gasteiger partial charge in [-0.1, -0.05) is 0 Å². The number of hydrogen-bond acceptors (Lipinski definition) is 3. The first kappa shape index (κ1) is 8.62. The van der Waals surface area contributed by atoms with E-state index in [1.165, 1.54) is 6.20 Å². The van der Waals surface area contributed by atoms with E-state index in [0.717, 1.165) is 24.3 Å². The van der Waals surface area contributed by atoms with Crippen LogP contribution in [0.25, 0.3) is 0 Å². The Morgan fingerprint density at radius 3 is 3.23 bits per heavy atom. The van der Waals surface area contributed by atoms with Gasteiger partial charge in [0.2, 0.25) is 0 Å². The molecule has 5 heteroatoms. The van der Waals surface area contributed by atoms with Crippen LogP contribution >= 0.6 is 11.8 Å². The lowest BCUT2D eigenvalue weighted by Crippen LogP contribution is -2.01. The van der Waals surface area contributed by atoms with Crippen molar-refractivity contribution in [2.24, 2.45) is 0 Å². The SMILES string of the molecule is O=C(O)c1cn[nH]c1C1CCCS1. The highest BCUT2D eigenvalue weighted by atomic mass is 32.2. The Morgan fingerprint density at radius 1 is 1.77 bits per heavy atom. The lowest BCUT2D eigenvalue weighted by molar-refractivity contribution is 0.0695. The standard InChI is InChI=1S/C8H10N2O2S/c11-8(12)5-4-9-10-7(5)6-2-1-3-13-6/h4,6H,1-3H2,(H,9,10)(H,11,12). The second-order valence-corrected chi connectivity index (χ2v) is 4.31. The molecular formula is C8H10N2O2S. The highest BCUT2D eigenvalue weighted by Crippen LogP contribution is 2.39. The number of carboxylic acids is 1. The smallest absolute Gasteiger partial charge is 0.339 e. The quantitative estimate of drug-likeness (QED) is 0.758. The summed E-state index contributed by atoms with van der Waals surface area (Å²) in [5.41, 5.74) is 1.09. The molecule has 1 aromatic heterocycles. The van der Waals surface area contributed by atoms with Gasteiger partial charge >= 0.3 is 5.97 Å². The van der Waals surface area contributed by atoms with Crippen LogP contribution in [0.1, 0.15) is 34.1 Å². The highest BCUT2D eigenvalue weighted by molar-refractivity contribution is 7.99. The maximum Gasteiger partial charge on any atom is 0.339 e. The average Bonchev–Trinajstić information content (AvgIpc) is 2.74. The van der Waals surface area contributed by atoms with Crippen molar-refractivity contribution in [1.82, 2.24) is 10.2 Å². The molecule has 2 rings (SSSR count). The van der Waals surface area contributed by atoms with Crippen LogP contribution in [-0.4, -0.2) is 27.0 Å². The third kappa shape index (κ3) is 1.56. The van der Waals surface area contributed by atoms with Gasteiger partial charge in [-0.3, -0.25) is 5.10 Å². The summed E-state index contributed by atoms with van der Waals surface area (Å²) in [7, 11) is 0. The molecule has 2 N–H and O–H groups in total. The van der Waals surface area contributed by atoms with Gasteiger partial charge < -0.3 is 5.11 Å². The van der Waals surface area contributed by atoms with Gasteiger partial charge in [0.1, 0.15) is 5.56 Å². The maximum absolute atomic E-state index is 10.8. The van der Waals surface area contributed by atoms with E-state index in [4.69, 9.17) is 5.11 Å². The van der Waals surface area contributed by atoms with E-state index in [1.54, 1.807) is 11.8 Å². The van der Waals surface area contributed by atoms with E-state index in [-0.39, 0.29) is 0 Å². The number of aromatic amines is 1. The van der Waals surface area contributed by atoms with Gasteiger partial charge in [-0.15, -0.1) is 0 Å². The molecule has 4 nitrogen and oxygen atoms in total. The van der Waals surface area contributed by atoms with Crippen LogP contribution in [0.5, 0.6) is 0 Å². The molecule has 1 fully saturated rings. The third-order valence-corrected chi connectivity index (χ3v) is 3.55. The number of nitrogens with one attached hydrogen (secondary N) is 1. The lowest BCUT2D eigenvalue weighted by Gasteiger charge is -2.05. The van der Waals surface area contributed by atoms with Gasteiger partial charge in [0.05, 0.1) is 11.9 Å². The first-order chi connectivity index (χ1) is 6.29. The largest absolute Gasteiger partial charge is 0.478 e. The average molecular weight is 198 g/mol. The molecular weight excluding hydrogens is 188 g/mol. The summed E-state index contributed by atoms with van der Waals surface area (Å²) in [6.07, 6.45) is 3.59. The Labute approximate surface area is 79.7 Å². The molecule has 1 aromatic rings. The lowest BCUT2D eigenvalue weighted by atomic mass is 10.1. The fraction of sp³-hybridized carbons (Fsp3) is 0.500. The molecule has 1 aliphatic rings. The molecule has 70 valence electrons. The summed E-state index contributed by atoms with van der Waals surface area (Å²) in [5, 5.41) is 15.7. The zero-order valence-corrected chi connectivity index (χ0v) is 7.80. The van der Waals surface area contributed by atoms with Crippen LogP contribution in [0.15, 0.2) is 6.20 Å². The van der Waals surface area contributed by atoms with Gasteiger partial charge in [-0.2, -0.15) is 16.9 Å². The van der Waals surface area contributed by atoms with E-state index in [0.29, 0.717) is 10.8 Å². The van der Waals surface area contributed by atoms with Crippen LogP contribution in [-0.2, 0) is 0 Å². The number of H-pyrrole nitrogens is 1. The summed E-state index contributed by atoms with van der Waals surface area (Å²) in [6, 6.07) is 0. The summed E-state index contributed by atoms with van der Waals surface area (Å²) < 4.78 is 0. The minimum absolute atomic E-state index is 0.300. The van der Waals surface area contributed by atoms with Crippen molar-refractivity contribution < 1.29 is 9.90 Å². The maximum atomic E-state index is 10.8. The monoisotopic (exact) mass is 198 g/mol. The van der Waals surface area contributed by atoms with Crippen LogP contribution in [0.4, 0.5) is 0 Å². The first-order valence-corrected chi connectivity index (χ1v) is 5.22. The molecule has 0 aliphatic carbocycles. The Morgan fingerprint density at radius 2 is 2.62 bits per heavy atom. The summed E-state index contributed by atoms with van der Waals surface area (Å²) in [5.74, 6) is 0.221. The topological polar surface area (TPSA) is 66.0 Å². The minimum Gasteiger partial charge on any atom is -0.478 e. The van der Waals surface area contributed by atoms with Crippen LogP contribution < -0.4 is 0 Å². The number of aromatic nitrogens is 2. The first-order valence-electron chi connectivity index (χ1n) is 4.17. The zero-order valence-electron chi connectivity index (χ0n) is 6.99. The van der Waals surface area contributed by atoms with Gasteiger partial charge in [-0.05, 0) is 18.6 Å². The Bertz CT molecular complexity index is 318. The molecule has 0 saturated carbocycles. The van der Waals surface area contributed by atoms with Gasteiger partial charge in [0, 0.05) is 5.25 Å². The number of aromatic carboxylic acids is 1. The van der Waals surface area contributed by atoms with E-state index < -0.39 is 5.97 Å². The van der Waals surface area contributed by atoms with Crippen molar-refractivity contribution in [2.45, 2.75) is 18.1 Å². The van der Waals surface area contributed by atoms with Crippen LogP contribution in [0.2, 0.25) is 0 Å². The predicted molar refractivity (Wildman–Crippen MR) is 50.0 cm³/mol. The van der Waals surface area contributed by atoms with E-state index in [9.17, 15) is 4.79 Å². The Balaban J connectivity index is 2.28. The normalized spacial score (nSPS) is 22.0. The number of carboxylic acid groups (broad SMARTS) is 1. The second-order valence-electron chi connectivity index (χ2n) is 3.00. The zero-order chi connectivity index (χ0) is 9.26. The fourth-order valence-electron chi connectivity index (χ4n) is 1.52. The minimum atomic E-state index is -0.892.